The van der Waals surface area contributed by atoms with Crippen molar-refractivity contribution >= 4 is 17.2 Å². The molecule has 0 aliphatic heterocycles. The second kappa shape index (κ2) is 6.87. The summed E-state index contributed by atoms with van der Waals surface area (Å²) in [6.45, 7) is 5.53. The SMILES string of the molecule is CC(C)(CNC(=O)c1ccc(CCN)cc1)c1cccs1. The lowest BCUT2D eigenvalue weighted by Gasteiger charge is -2.23. The van der Waals surface area contributed by atoms with Gasteiger partial charge in [-0.15, -0.1) is 11.3 Å². The Bertz CT molecular complexity index is 573. The van der Waals surface area contributed by atoms with Crippen LogP contribution in [0.3, 0.4) is 0 Å². The number of rotatable bonds is 6. The predicted molar refractivity (Wildman–Crippen MR) is 88.9 cm³/mol. The topological polar surface area (TPSA) is 55.1 Å². The van der Waals surface area contributed by atoms with Crippen molar-refractivity contribution < 1.29 is 4.79 Å². The highest BCUT2D eigenvalue weighted by molar-refractivity contribution is 7.10. The standard InChI is InChI=1S/C17H22N2OS/c1-17(2,15-4-3-11-21-15)12-19-16(20)14-7-5-13(6-8-14)9-10-18/h3-8,11H,9-10,12,18H2,1-2H3,(H,19,20). The van der Waals surface area contributed by atoms with Crippen LogP contribution in [0.1, 0.15) is 34.6 Å². The summed E-state index contributed by atoms with van der Waals surface area (Å²) in [6, 6.07) is 11.8. The Morgan fingerprint density at radius 3 is 2.52 bits per heavy atom. The van der Waals surface area contributed by atoms with Crippen LogP contribution < -0.4 is 11.1 Å². The smallest absolute Gasteiger partial charge is 0.251 e. The van der Waals surface area contributed by atoms with Crippen LogP contribution in [0.5, 0.6) is 0 Å². The van der Waals surface area contributed by atoms with E-state index in [0.29, 0.717) is 18.7 Å². The fourth-order valence-corrected chi connectivity index (χ4v) is 3.00. The Morgan fingerprint density at radius 1 is 1.24 bits per heavy atom. The Hall–Kier alpha value is -1.65. The minimum Gasteiger partial charge on any atom is -0.351 e. The van der Waals surface area contributed by atoms with Gasteiger partial charge in [-0.3, -0.25) is 4.79 Å². The largest absolute Gasteiger partial charge is 0.351 e. The van der Waals surface area contributed by atoms with Crippen molar-refractivity contribution in [3.05, 3.63) is 57.8 Å². The molecule has 0 aliphatic carbocycles. The zero-order chi connectivity index (χ0) is 15.3. The third-order valence-electron chi connectivity index (χ3n) is 3.53. The zero-order valence-corrected chi connectivity index (χ0v) is 13.4. The zero-order valence-electron chi connectivity index (χ0n) is 12.6. The summed E-state index contributed by atoms with van der Waals surface area (Å²) in [7, 11) is 0. The average molecular weight is 302 g/mol. The Kier molecular flexibility index (Phi) is 5.15. The number of carbonyl (C=O) groups is 1. The van der Waals surface area contributed by atoms with Crippen LogP contribution in [-0.4, -0.2) is 19.0 Å². The van der Waals surface area contributed by atoms with Crippen LogP contribution in [0, 0.1) is 0 Å². The van der Waals surface area contributed by atoms with E-state index in [9.17, 15) is 4.79 Å². The molecule has 0 saturated heterocycles. The summed E-state index contributed by atoms with van der Waals surface area (Å²) in [5, 5.41) is 5.09. The summed E-state index contributed by atoms with van der Waals surface area (Å²) in [5.74, 6) is -0.0288. The van der Waals surface area contributed by atoms with Crippen molar-refractivity contribution in [2.45, 2.75) is 25.7 Å². The lowest BCUT2D eigenvalue weighted by molar-refractivity contribution is 0.0946. The van der Waals surface area contributed by atoms with Gasteiger partial charge >= 0.3 is 0 Å². The van der Waals surface area contributed by atoms with Gasteiger partial charge in [-0.25, -0.2) is 0 Å². The van der Waals surface area contributed by atoms with Crippen LogP contribution in [0.15, 0.2) is 41.8 Å². The molecule has 0 aliphatic rings. The van der Waals surface area contributed by atoms with Gasteiger partial charge in [0.05, 0.1) is 0 Å². The Labute approximate surface area is 130 Å². The van der Waals surface area contributed by atoms with Gasteiger partial charge in [0, 0.05) is 22.4 Å². The molecule has 1 heterocycles. The number of hydrogen-bond acceptors (Lipinski definition) is 3. The lowest BCUT2D eigenvalue weighted by Crippen LogP contribution is -2.36. The molecule has 0 fully saturated rings. The van der Waals surface area contributed by atoms with Gasteiger partial charge in [0.25, 0.3) is 5.91 Å². The molecule has 0 radical (unpaired) electrons. The van der Waals surface area contributed by atoms with Crippen LogP contribution in [-0.2, 0) is 11.8 Å². The molecule has 1 aromatic carbocycles. The molecule has 0 unspecified atom stereocenters. The molecule has 3 nitrogen and oxygen atoms in total. The summed E-state index contributed by atoms with van der Waals surface area (Å²) >= 11 is 1.72. The first kappa shape index (κ1) is 15.7. The maximum Gasteiger partial charge on any atom is 0.251 e. The second-order valence-electron chi connectivity index (χ2n) is 5.78. The van der Waals surface area contributed by atoms with Crippen LogP contribution in [0.4, 0.5) is 0 Å². The van der Waals surface area contributed by atoms with E-state index in [2.05, 4.69) is 30.6 Å². The minimum atomic E-state index is -0.0523. The third kappa shape index (κ3) is 4.16. The van der Waals surface area contributed by atoms with Gasteiger partial charge in [-0.2, -0.15) is 0 Å². The highest BCUT2D eigenvalue weighted by Crippen LogP contribution is 2.26. The fraction of sp³-hybridized carbons (Fsp3) is 0.353. The summed E-state index contributed by atoms with van der Waals surface area (Å²) < 4.78 is 0. The van der Waals surface area contributed by atoms with E-state index < -0.39 is 0 Å². The molecule has 0 atom stereocenters. The Morgan fingerprint density at radius 2 is 1.95 bits per heavy atom. The van der Waals surface area contributed by atoms with E-state index in [-0.39, 0.29) is 11.3 Å². The van der Waals surface area contributed by atoms with E-state index in [4.69, 9.17) is 5.73 Å². The van der Waals surface area contributed by atoms with Crippen LogP contribution in [0.25, 0.3) is 0 Å². The molecule has 0 saturated carbocycles. The lowest BCUT2D eigenvalue weighted by atomic mass is 9.91. The number of thiophene rings is 1. The second-order valence-corrected chi connectivity index (χ2v) is 6.73. The molecule has 1 aromatic heterocycles. The summed E-state index contributed by atoms with van der Waals surface area (Å²) in [4.78, 5) is 13.5. The number of hydrogen-bond donors (Lipinski definition) is 2. The first-order valence-electron chi connectivity index (χ1n) is 7.14. The highest BCUT2D eigenvalue weighted by atomic mass is 32.1. The number of benzene rings is 1. The first-order chi connectivity index (χ1) is 10.0. The molecular weight excluding hydrogens is 280 g/mol. The van der Waals surface area contributed by atoms with Crippen molar-refractivity contribution in [2.75, 3.05) is 13.1 Å². The molecule has 1 amide bonds. The molecule has 0 bridgehead atoms. The maximum absolute atomic E-state index is 12.2. The van der Waals surface area contributed by atoms with Crippen molar-refractivity contribution in [3.8, 4) is 0 Å². The van der Waals surface area contributed by atoms with Crippen molar-refractivity contribution in [2.24, 2.45) is 5.73 Å². The number of nitrogens with one attached hydrogen (secondary N) is 1. The average Bonchev–Trinajstić information content (AvgIpc) is 3.01. The van der Waals surface area contributed by atoms with E-state index >= 15 is 0 Å². The highest BCUT2D eigenvalue weighted by Gasteiger charge is 2.22. The van der Waals surface area contributed by atoms with Gasteiger partial charge < -0.3 is 11.1 Å². The van der Waals surface area contributed by atoms with Gasteiger partial charge in [-0.1, -0.05) is 32.0 Å². The van der Waals surface area contributed by atoms with Crippen molar-refractivity contribution in [3.63, 3.8) is 0 Å². The Balaban J connectivity index is 1.95. The fourth-order valence-electron chi connectivity index (χ4n) is 2.14. The monoisotopic (exact) mass is 302 g/mol. The molecule has 0 spiro atoms. The van der Waals surface area contributed by atoms with E-state index in [0.717, 1.165) is 12.0 Å². The minimum absolute atomic E-state index is 0.0288. The van der Waals surface area contributed by atoms with E-state index in [1.54, 1.807) is 11.3 Å². The van der Waals surface area contributed by atoms with Crippen LogP contribution >= 0.6 is 11.3 Å². The van der Waals surface area contributed by atoms with E-state index in [1.807, 2.05) is 30.3 Å². The van der Waals surface area contributed by atoms with Gasteiger partial charge in [0.2, 0.25) is 0 Å². The maximum atomic E-state index is 12.2. The quantitative estimate of drug-likeness (QED) is 0.862. The number of nitrogens with two attached hydrogens (primary N) is 1. The van der Waals surface area contributed by atoms with E-state index in [1.165, 1.54) is 4.88 Å². The molecule has 4 heteroatoms. The van der Waals surface area contributed by atoms with Gasteiger partial charge in [-0.05, 0) is 42.1 Å². The molecule has 3 N–H and O–H groups in total. The van der Waals surface area contributed by atoms with Crippen LogP contribution in [0.2, 0.25) is 0 Å². The molecular formula is C17H22N2OS. The summed E-state index contributed by atoms with van der Waals surface area (Å²) in [5.41, 5.74) is 7.32. The molecule has 2 aromatic rings. The number of carbonyl (C=O) groups excluding carboxylic acids is 1. The molecule has 21 heavy (non-hydrogen) atoms. The predicted octanol–water partition coefficient (Wildman–Crippen LogP) is 2.96. The van der Waals surface area contributed by atoms with Crippen molar-refractivity contribution in [1.29, 1.82) is 0 Å². The normalized spacial score (nSPS) is 11.4. The summed E-state index contributed by atoms with van der Waals surface area (Å²) in [6.07, 6.45) is 0.841. The van der Waals surface area contributed by atoms with Crippen molar-refractivity contribution in [1.82, 2.24) is 5.32 Å². The first-order valence-corrected chi connectivity index (χ1v) is 8.02. The third-order valence-corrected chi connectivity index (χ3v) is 4.76. The molecule has 112 valence electrons. The van der Waals surface area contributed by atoms with Gasteiger partial charge in [0.15, 0.2) is 0 Å². The molecule has 2 rings (SSSR count). The van der Waals surface area contributed by atoms with Gasteiger partial charge in [0.1, 0.15) is 0 Å². The number of amides is 1.